The molecule has 178 valence electrons. The minimum atomic E-state index is -0.935. The van der Waals surface area contributed by atoms with Crippen LogP contribution >= 0.6 is 0 Å². The molecule has 0 amide bonds. The highest BCUT2D eigenvalue weighted by molar-refractivity contribution is 6.05. The molecule has 0 saturated carbocycles. The van der Waals surface area contributed by atoms with Crippen molar-refractivity contribution in [2.45, 2.75) is 26.4 Å². The second kappa shape index (κ2) is 14.2. The largest absolute Gasteiger partial charge is 0.459 e. The Hall–Kier alpha value is -3.95. The van der Waals surface area contributed by atoms with Crippen molar-refractivity contribution in [2.24, 2.45) is 0 Å². The fourth-order valence-corrected chi connectivity index (χ4v) is 2.18. The van der Waals surface area contributed by atoms with Crippen LogP contribution in [0.4, 0.5) is 0 Å². The summed E-state index contributed by atoms with van der Waals surface area (Å²) in [5, 5.41) is 0. The Morgan fingerprint density at radius 3 is 1.82 bits per heavy atom. The third kappa shape index (κ3) is 9.38. The molecular weight excluding hydrogens is 436 g/mol. The lowest BCUT2D eigenvalue weighted by atomic mass is 10.0. The van der Waals surface area contributed by atoms with Crippen molar-refractivity contribution in [3.05, 3.63) is 60.2 Å². The van der Waals surface area contributed by atoms with Crippen LogP contribution in [0.3, 0.4) is 0 Å². The highest BCUT2D eigenvalue weighted by atomic mass is 16.6. The maximum absolute atomic E-state index is 12.6. The molecule has 0 saturated heterocycles. The van der Waals surface area contributed by atoms with E-state index < -0.39 is 36.0 Å². The number of benzene rings is 1. The Morgan fingerprint density at radius 1 is 0.788 bits per heavy atom. The molecule has 0 aliphatic rings. The van der Waals surface area contributed by atoms with Crippen LogP contribution in [0.25, 0.3) is 0 Å². The summed E-state index contributed by atoms with van der Waals surface area (Å²) in [5.41, 5.74) is -0.388. The van der Waals surface area contributed by atoms with Crippen molar-refractivity contribution in [1.82, 2.24) is 0 Å². The Labute approximate surface area is 191 Å². The van der Waals surface area contributed by atoms with Crippen molar-refractivity contribution in [3.8, 4) is 0 Å². The van der Waals surface area contributed by atoms with Gasteiger partial charge >= 0.3 is 29.8 Å². The van der Waals surface area contributed by atoms with E-state index in [0.29, 0.717) is 6.42 Å². The van der Waals surface area contributed by atoms with Gasteiger partial charge < -0.3 is 23.7 Å². The maximum atomic E-state index is 12.6. The summed E-state index contributed by atoms with van der Waals surface area (Å²) in [4.78, 5) is 59.4. The van der Waals surface area contributed by atoms with E-state index in [-0.39, 0.29) is 43.1 Å². The number of rotatable bonds is 13. The van der Waals surface area contributed by atoms with Crippen LogP contribution < -0.4 is 0 Å². The van der Waals surface area contributed by atoms with E-state index in [1.54, 1.807) is 6.92 Å². The number of carbonyl (C=O) groups excluding carboxylic acids is 5. The third-order valence-corrected chi connectivity index (χ3v) is 4.03. The lowest BCUT2D eigenvalue weighted by Crippen LogP contribution is -2.20. The van der Waals surface area contributed by atoms with Crippen molar-refractivity contribution >= 4 is 29.8 Å². The van der Waals surface area contributed by atoms with Gasteiger partial charge in [-0.1, -0.05) is 20.1 Å². The first-order valence-corrected chi connectivity index (χ1v) is 10.0. The molecule has 0 heterocycles. The Bertz CT molecular complexity index is 903. The number of esters is 5. The van der Waals surface area contributed by atoms with Crippen LogP contribution in [0.1, 0.15) is 51.3 Å². The van der Waals surface area contributed by atoms with E-state index in [9.17, 15) is 24.0 Å². The third-order valence-electron chi connectivity index (χ3n) is 4.03. The van der Waals surface area contributed by atoms with Gasteiger partial charge in [0.1, 0.15) is 26.4 Å². The molecule has 0 fully saturated rings. The number of hydrogen-bond acceptors (Lipinski definition) is 10. The summed E-state index contributed by atoms with van der Waals surface area (Å²) < 4.78 is 24.7. The first-order chi connectivity index (χ1) is 15.7. The molecule has 33 heavy (non-hydrogen) atoms. The van der Waals surface area contributed by atoms with Gasteiger partial charge in [0.15, 0.2) is 0 Å². The first-order valence-electron chi connectivity index (χ1n) is 10.0. The van der Waals surface area contributed by atoms with Gasteiger partial charge in [-0.15, -0.1) is 0 Å². The zero-order valence-electron chi connectivity index (χ0n) is 18.5. The normalized spacial score (nSPS) is 10.8. The van der Waals surface area contributed by atoms with Gasteiger partial charge in [-0.2, -0.15) is 0 Å². The number of hydrogen-bond donors (Lipinski definition) is 0. The van der Waals surface area contributed by atoms with E-state index in [2.05, 4.69) is 13.2 Å². The van der Waals surface area contributed by atoms with Crippen LogP contribution in [-0.4, -0.2) is 62.4 Å². The topological polar surface area (TPSA) is 132 Å². The standard InChI is InChI=1S/C23H26O10/c1-5-15(4)33-23(28)17-9-8-16(21(26)31-12-10-29-19(24)6-2)14-18(17)22(27)32-13-11-30-20(25)7-3/h6-9,14-15H,2-3,5,10-13H2,1,4H3. The zero-order valence-corrected chi connectivity index (χ0v) is 18.5. The average molecular weight is 462 g/mol. The van der Waals surface area contributed by atoms with Crippen LogP contribution in [0.2, 0.25) is 0 Å². The zero-order chi connectivity index (χ0) is 24.8. The van der Waals surface area contributed by atoms with Gasteiger partial charge in [0.05, 0.1) is 22.8 Å². The Balaban J connectivity index is 2.97. The molecule has 0 spiro atoms. The predicted octanol–water partition coefficient (Wildman–Crippen LogP) is 2.41. The quantitative estimate of drug-likeness (QED) is 0.186. The van der Waals surface area contributed by atoms with E-state index in [1.165, 1.54) is 12.1 Å². The average Bonchev–Trinajstić information content (AvgIpc) is 2.82. The Morgan fingerprint density at radius 2 is 1.30 bits per heavy atom. The SMILES string of the molecule is C=CC(=O)OCCOC(=O)c1ccc(C(=O)OC(C)CC)c(C(=O)OCCOC(=O)C=C)c1. The van der Waals surface area contributed by atoms with Crippen LogP contribution in [-0.2, 0) is 33.3 Å². The van der Waals surface area contributed by atoms with Crippen LogP contribution in [0.5, 0.6) is 0 Å². The first kappa shape index (κ1) is 27.1. The van der Waals surface area contributed by atoms with E-state index in [0.717, 1.165) is 18.2 Å². The number of carbonyl (C=O) groups is 5. The molecule has 1 atom stereocenters. The molecule has 1 unspecified atom stereocenters. The molecule has 0 aliphatic carbocycles. The minimum absolute atomic E-state index is 0.0461. The molecule has 1 aromatic rings. The van der Waals surface area contributed by atoms with Gasteiger partial charge in [0.2, 0.25) is 0 Å². The molecule has 0 radical (unpaired) electrons. The van der Waals surface area contributed by atoms with Gasteiger partial charge in [-0.3, -0.25) is 0 Å². The van der Waals surface area contributed by atoms with Gasteiger partial charge in [0, 0.05) is 12.2 Å². The number of ether oxygens (including phenoxy) is 5. The molecule has 1 aromatic carbocycles. The van der Waals surface area contributed by atoms with Gasteiger partial charge in [0.25, 0.3) is 0 Å². The van der Waals surface area contributed by atoms with Crippen molar-refractivity contribution in [1.29, 1.82) is 0 Å². The smallest absolute Gasteiger partial charge is 0.339 e. The van der Waals surface area contributed by atoms with Crippen LogP contribution in [0, 0.1) is 0 Å². The molecule has 0 aliphatic heterocycles. The summed E-state index contributed by atoms with van der Waals surface area (Å²) in [6.07, 6.45) is 2.08. The monoisotopic (exact) mass is 462 g/mol. The highest BCUT2D eigenvalue weighted by Gasteiger charge is 2.23. The molecule has 10 heteroatoms. The fraction of sp³-hybridized carbons (Fsp3) is 0.348. The second-order valence-corrected chi connectivity index (χ2v) is 6.40. The lowest BCUT2D eigenvalue weighted by Gasteiger charge is -2.14. The van der Waals surface area contributed by atoms with E-state index in [1.807, 2.05) is 6.92 Å². The summed E-state index contributed by atoms with van der Waals surface area (Å²) in [7, 11) is 0. The van der Waals surface area contributed by atoms with Crippen LogP contribution in [0.15, 0.2) is 43.5 Å². The molecular formula is C23H26O10. The summed E-state index contributed by atoms with van der Waals surface area (Å²) >= 11 is 0. The van der Waals surface area contributed by atoms with Gasteiger partial charge in [-0.05, 0) is 31.5 Å². The molecule has 0 bridgehead atoms. The lowest BCUT2D eigenvalue weighted by molar-refractivity contribution is -0.139. The fourth-order valence-electron chi connectivity index (χ4n) is 2.18. The second-order valence-electron chi connectivity index (χ2n) is 6.40. The molecule has 0 aromatic heterocycles. The summed E-state index contributed by atoms with van der Waals surface area (Å²) in [6.45, 7) is 9.06. The molecule has 0 N–H and O–H groups in total. The summed E-state index contributed by atoms with van der Waals surface area (Å²) in [5.74, 6) is -3.88. The predicted molar refractivity (Wildman–Crippen MR) is 114 cm³/mol. The van der Waals surface area contributed by atoms with Crippen molar-refractivity contribution in [3.63, 3.8) is 0 Å². The van der Waals surface area contributed by atoms with Crippen molar-refractivity contribution in [2.75, 3.05) is 26.4 Å². The summed E-state index contributed by atoms with van der Waals surface area (Å²) in [6, 6.07) is 3.66. The maximum Gasteiger partial charge on any atom is 0.339 e. The van der Waals surface area contributed by atoms with Crippen molar-refractivity contribution < 1.29 is 47.7 Å². The minimum Gasteiger partial charge on any atom is -0.459 e. The molecule has 1 rings (SSSR count). The van der Waals surface area contributed by atoms with Gasteiger partial charge in [-0.25, -0.2) is 24.0 Å². The highest BCUT2D eigenvalue weighted by Crippen LogP contribution is 2.17. The van der Waals surface area contributed by atoms with E-state index >= 15 is 0 Å². The molecule has 10 nitrogen and oxygen atoms in total. The Kier molecular flexibility index (Phi) is 11.6. The van der Waals surface area contributed by atoms with E-state index in [4.69, 9.17) is 23.7 Å².